The van der Waals surface area contributed by atoms with Crippen LogP contribution in [-0.4, -0.2) is 24.1 Å². The second-order valence-corrected chi connectivity index (χ2v) is 5.34. The number of carbonyl (C=O) groups excluding carboxylic acids is 2. The maximum absolute atomic E-state index is 11.9. The molecule has 1 aliphatic carbocycles. The van der Waals surface area contributed by atoms with E-state index in [2.05, 4.69) is 10.6 Å². The monoisotopic (exact) mass is 301 g/mol. The minimum absolute atomic E-state index is 0.149. The van der Waals surface area contributed by atoms with Crippen LogP contribution >= 0.6 is 0 Å². The maximum Gasteiger partial charge on any atom is 0.321 e. The largest absolute Gasteiger partial charge is 0.481 e. The Kier molecular flexibility index (Phi) is 5.37. The fourth-order valence-electron chi connectivity index (χ4n) is 2.40. The summed E-state index contributed by atoms with van der Waals surface area (Å²) in [5.74, 6) is -0.101. The summed E-state index contributed by atoms with van der Waals surface area (Å²) >= 11 is 0. The van der Waals surface area contributed by atoms with Crippen LogP contribution in [0.1, 0.15) is 38.2 Å². The molecular formula is C16H19N3O3. The normalized spacial score (nSPS) is 15.6. The van der Waals surface area contributed by atoms with Gasteiger partial charge in [0.1, 0.15) is 5.75 Å². The van der Waals surface area contributed by atoms with Crippen LogP contribution in [0.5, 0.6) is 5.75 Å². The Morgan fingerprint density at radius 3 is 2.77 bits per heavy atom. The molecule has 22 heavy (non-hydrogen) atoms. The highest BCUT2D eigenvalue weighted by molar-refractivity contribution is 5.96. The molecule has 1 aromatic rings. The molecule has 6 heteroatoms. The average molecular weight is 301 g/mol. The zero-order valence-electron chi connectivity index (χ0n) is 12.5. The van der Waals surface area contributed by atoms with Crippen LogP contribution in [0.3, 0.4) is 0 Å². The van der Waals surface area contributed by atoms with Crippen molar-refractivity contribution in [2.24, 2.45) is 0 Å². The fraction of sp³-hybridized carbons (Fsp3) is 0.438. The molecule has 0 unspecified atom stereocenters. The molecule has 0 heterocycles. The van der Waals surface area contributed by atoms with Crippen molar-refractivity contribution < 1.29 is 14.3 Å². The summed E-state index contributed by atoms with van der Waals surface area (Å²) in [6, 6.07) is 8.18. The Morgan fingerprint density at radius 1 is 1.36 bits per heavy atom. The van der Waals surface area contributed by atoms with Crippen LogP contribution in [0.4, 0.5) is 4.79 Å². The number of urea groups is 1. The molecular weight excluding hydrogens is 282 g/mol. The number of hydrogen-bond acceptors (Lipinski definition) is 4. The number of carbonyl (C=O) groups is 2. The third-order valence-electron chi connectivity index (χ3n) is 3.57. The Balaban J connectivity index is 1.83. The Labute approximate surface area is 129 Å². The van der Waals surface area contributed by atoms with Crippen molar-refractivity contribution in [3.63, 3.8) is 0 Å². The Hall–Kier alpha value is -2.55. The molecule has 0 spiro atoms. The molecule has 1 aromatic carbocycles. The van der Waals surface area contributed by atoms with Gasteiger partial charge in [-0.15, -0.1) is 0 Å². The number of nitrogens with zero attached hydrogens (tertiary/aromatic N) is 1. The van der Waals surface area contributed by atoms with Crippen LogP contribution < -0.4 is 15.4 Å². The number of ether oxygens (including phenoxy) is 1. The van der Waals surface area contributed by atoms with Crippen molar-refractivity contribution in [2.45, 2.75) is 44.8 Å². The van der Waals surface area contributed by atoms with Crippen molar-refractivity contribution in [3.8, 4) is 11.8 Å². The zero-order valence-corrected chi connectivity index (χ0v) is 12.5. The Morgan fingerprint density at radius 2 is 2.09 bits per heavy atom. The lowest BCUT2D eigenvalue weighted by Crippen LogP contribution is -2.47. The number of hydrogen-bond donors (Lipinski definition) is 2. The van der Waals surface area contributed by atoms with Crippen LogP contribution in [0, 0.1) is 11.3 Å². The second kappa shape index (κ2) is 7.46. The lowest BCUT2D eigenvalue weighted by molar-refractivity contribution is -0.126. The zero-order chi connectivity index (χ0) is 15.9. The topological polar surface area (TPSA) is 91.2 Å². The van der Waals surface area contributed by atoms with Gasteiger partial charge >= 0.3 is 6.03 Å². The van der Waals surface area contributed by atoms with E-state index in [0.29, 0.717) is 11.3 Å². The molecule has 0 aliphatic heterocycles. The van der Waals surface area contributed by atoms with Gasteiger partial charge < -0.3 is 10.1 Å². The van der Waals surface area contributed by atoms with Gasteiger partial charge in [0.2, 0.25) is 0 Å². The van der Waals surface area contributed by atoms with Crippen LogP contribution in [0.2, 0.25) is 0 Å². The number of benzene rings is 1. The van der Waals surface area contributed by atoms with Crippen molar-refractivity contribution in [1.29, 1.82) is 5.26 Å². The van der Waals surface area contributed by atoms with Gasteiger partial charge in [0.05, 0.1) is 11.6 Å². The predicted octanol–water partition coefficient (Wildman–Crippen LogP) is 2.09. The van der Waals surface area contributed by atoms with Crippen LogP contribution in [0.25, 0.3) is 0 Å². The van der Waals surface area contributed by atoms with Crippen molar-refractivity contribution >= 4 is 11.9 Å². The third kappa shape index (κ3) is 4.48. The van der Waals surface area contributed by atoms with Gasteiger partial charge in [-0.1, -0.05) is 18.9 Å². The molecule has 0 bridgehead atoms. The SMILES string of the molecule is C[C@@H](Oc1cccc(C#N)c1)C(=O)NC(=O)NC1CCCC1. The number of rotatable bonds is 4. The molecule has 1 atom stereocenters. The van der Waals surface area contributed by atoms with E-state index in [4.69, 9.17) is 10.00 Å². The van der Waals surface area contributed by atoms with Gasteiger partial charge in [-0.25, -0.2) is 4.79 Å². The number of amides is 3. The molecule has 0 aromatic heterocycles. The van der Waals surface area contributed by atoms with Gasteiger partial charge in [-0.3, -0.25) is 10.1 Å². The summed E-state index contributed by atoms with van der Waals surface area (Å²) in [5, 5.41) is 13.9. The smallest absolute Gasteiger partial charge is 0.321 e. The first-order valence-corrected chi connectivity index (χ1v) is 7.36. The lowest BCUT2D eigenvalue weighted by Gasteiger charge is -2.16. The molecule has 116 valence electrons. The minimum atomic E-state index is -0.830. The van der Waals surface area contributed by atoms with E-state index in [9.17, 15) is 9.59 Å². The highest BCUT2D eigenvalue weighted by Gasteiger charge is 2.21. The van der Waals surface area contributed by atoms with Gasteiger partial charge in [0.15, 0.2) is 6.10 Å². The molecule has 6 nitrogen and oxygen atoms in total. The van der Waals surface area contributed by atoms with E-state index < -0.39 is 18.0 Å². The highest BCUT2D eigenvalue weighted by atomic mass is 16.5. The first kappa shape index (κ1) is 15.8. The second-order valence-electron chi connectivity index (χ2n) is 5.34. The van der Waals surface area contributed by atoms with Gasteiger partial charge in [0, 0.05) is 6.04 Å². The summed E-state index contributed by atoms with van der Waals surface area (Å²) in [5.41, 5.74) is 0.448. The molecule has 1 fully saturated rings. The number of imide groups is 1. The summed E-state index contributed by atoms with van der Waals surface area (Å²) in [6.45, 7) is 1.55. The van der Waals surface area contributed by atoms with Gasteiger partial charge in [-0.2, -0.15) is 5.26 Å². The minimum Gasteiger partial charge on any atom is -0.481 e. The predicted molar refractivity (Wildman–Crippen MR) is 80.2 cm³/mol. The summed E-state index contributed by atoms with van der Waals surface area (Å²) in [4.78, 5) is 23.6. The first-order chi connectivity index (χ1) is 10.6. The number of nitrogens with one attached hydrogen (secondary N) is 2. The summed E-state index contributed by atoms with van der Waals surface area (Å²) < 4.78 is 5.45. The molecule has 1 aliphatic rings. The standard InChI is InChI=1S/C16H19N3O3/c1-11(22-14-8-4-5-12(9-14)10-17)15(20)19-16(21)18-13-6-2-3-7-13/h4-5,8-9,11,13H,2-3,6-7H2,1H3,(H2,18,19,20,21)/t11-/m1/s1. The fourth-order valence-corrected chi connectivity index (χ4v) is 2.40. The molecule has 2 N–H and O–H groups in total. The van der Waals surface area contributed by atoms with Crippen LogP contribution in [0.15, 0.2) is 24.3 Å². The van der Waals surface area contributed by atoms with E-state index in [0.717, 1.165) is 25.7 Å². The van der Waals surface area contributed by atoms with Crippen molar-refractivity contribution in [1.82, 2.24) is 10.6 Å². The quantitative estimate of drug-likeness (QED) is 0.891. The van der Waals surface area contributed by atoms with E-state index in [1.54, 1.807) is 31.2 Å². The average Bonchev–Trinajstić information content (AvgIpc) is 3.00. The highest BCUT2D eigenvalue weighted by Crippen LogP contribution is 2.17. The van der Waals surface area contributed by atoms with E-state index in [-0.39, 0.29) is 6.04 Å². The molecule has 0 saturated heterocycles. The van der Waals surface area contributed by atoms with E-state index in [1.165, 1.54) is 0 Å². The van der Waals surface area contributed by atoms with Gasteiger partial charge in [0.25, 0.3) is 5.91 Å². The molecule has 1 saturated carbocycles. The van der Waals surface area contributed by atoms with Crippen molar-refractivity contribution in [2.75, 3.05) is 0 Å². The van der Waals surface area contributed by atoms with Crippen molar-refractivity contribution in [3.05, 3.63) is 29.8 Å². The summed E-state index contributed by atoms with van der Waals surface area (Å²) in [6.07, 6.45) is 3.29. The maximum atomic E-state index is 11.9. The Bertz CT molecular complexity index is 589. The lowest BCUT2D eigenvalue weighted by atomic mass is 10.2. The third-order valence-corrected chi connectivity index (χ3v) is 3.57. The molecule has 3 amide bonds. The van der Waals surface area contributed by atoms with Crippen LogP contribution in [-0.2, 0) is 4.79 Å². The molecule has 2 rings (SSSR count). The summed E-state index contributed by atoms with van der Waals surface area (Å²) in [7, 11) is 0. The first-order valence-electron chi connectivity index (χ1n) is 7.36. The van der Waals surface area contributed by atoms with E-state index in [1.807, 2.05) is 6.07 Å². The van der Waals surface area contributed by atoms with Gasteiger partial charge in [-0.05, 0) is 38.0 Å². The molecule has 0 radical (unpaired) electrons. The van der Waals surface area contributed by atoms with E-state index >= 15 is 0 Å². The number of nitriles is 1.